The molecule has 1 aliphatic rings. The largest absolute Gasteiger partial charge is 0.374 e. The number of aryl methyl sites for hydroxylation is 1. The molecule has 84 valence electrons. The van der Waals surface area contributed by atoms with Crippen LogP contribution in [0.3, 0.4) is 0 Å². The standard InChI is InChI=1S/C12H16N4/c1-3-9-4-5-12-10(8-9)11(14-15-13)6-7-16(12)2/h4-5,8,11H,3,6-7H2,1-2H3. The summed E-state index contributed by atoms with van der Waals surface area (Å²) in [6, 6.07) is 6.45. The van der Waals surface area contributed by atoms with Crippen molar-refractivity contribution in [2.75, 3.05) is 18.5 Å². The van der Waals surface area contributed by atoms with Crippen molar-refractivity contribution >= 4 is 5.69 Å². The zero-order valence-electron chi connectivity index (χ0n) is 9.72. The van der Waals surface area contributed by atoms with Gasteiger partial charge in [-0.2, -0.15) is 0 Å². The molecular formula is C12H16N4. The van der Waals surface area contributed by atoms with E-state index in [2.05, 4.69) is 47.1 Å². The number of hydrogen-bond acceptors (Lipinski definition) is 2. The van der Waals surface area contributed by atoms with Crippen molar-refractivity contribution in [3.63, 3.8) is 0 Å². The van der Waals surface area contributed by atoms with Gasteiger partial charge in [-0.15, -0.1) is 0 Å². The van der Waals surface area contributed by atoms with Crippen LogP contribution in [0.5, 0.6) is 0 Å². The quantitative estimate of drug-likeness (QED) is 0.424. The lowest BCUT2D eigenvalue weighted by atomic mass is 9.95. The highest BCUT2D eigenvalue weighted by Gasteiger charge is 2.22. The number of benzene rings is 1. The van der Waals surface area contributed by atoms with Crippen molar-refractivity contribution in [2.45, 2.75) is 25.8 Å². The van der Waals surface area contributed by atoms with E-state index in [0.717, 1.165) is 19.4 Å². The molecule has 0 amide bonds. The summed E-state index contributed by atoms with van der Waals surface area (Å²) < 4.78 is 0. The van der Waals surface area contributed by atoms with Gasteiger partial charge < -0.3 is 4.90 Å². The highest BCUT2D eigenvalue weighted by Crippen LogP contribution is 2.36. The van der Waals surface area contributed by atoms with Crippen molar-refractivity contribution in [1.82, 2.24) is 0 Å². The first kappa shape index (κ1) is 10.8. The fourth-order valence-electron chi connectivity index (χ4n) is 2.21. The van der Waals surface area contributed by atoms with Gasteiger partial charge in [-0.1, -0.05) is 24.2 Å². The predicted octanol–water partition coefficient (Wildman–Crippen LogP) is 3.44. The average molecular weight is 216 g/mol. The van der Waals surface area contributed by atoms with Gasteiger partial charge in [0.05, 0.1) is 6.04 Å². The Morgan fingerprint density at radius 2 is 2.38 bits per heavy atom. The molecule has 0 N–H and O–H groups in total. The lowest BCUT2D eigenvalue weighted by Gasteiger charge is -2.31. The molecule has 0 bridgehead atoms. The second-order valence-electron chi connectivity index (χ2n) is 4.18. The number of rotatable bonds is 2. The van der Waals surface area contributed by atoms with Gasteiger partial charge in [0.15, 0.2) is 0 Å². The second-order valence-corrected chi connectivity index (χ2v) is 4.18. The SMILES string of the molecule is CCc1ccc2c(c1)C(N=[N+]=[N-])CCN2C. The predicted molar refractivity (Wildman–Crippen MR) is 65.6 cm³/mol. The monoisotopic (exact) mass is 216 g/mol. The van der Waals surface area contributed by atoms with E-state index in [9.17, 15) is 0 Å². The third-order valence-electron chi connectivity index (χ3n) is 3.20. The Balaban J connectivity index is 2.48. The van der Waals surface area contributed by atoms with Crippen LogP contribution in [-0.4, -0.2) is 13.6 Å². The Morgan fingerprint density at radius 3 is 3.06 bits per heavy atom. The second kappa shape index (κ2) is 4.45. The van der Waals surface area contributed by atoms with E-state index >= 15 is 0 Å². The number of azide groups is 1. The van der Waals surface area contributed by atoms with Gasteiger partial charge in [0.1, 0.15) is 0 Å². The molecule has 0 fully saturated rings. The summed E-state index contributed by atoms with van der Waals surface area (Å²) in [5.74, 6) is 0. The first-order valence-electron chi connectivity index (χ1n) is 5.64. The first-order chi connectivity index (χ1) is 7.76. The minimum Gasteiger partial charge on any atom is -0.374 e. The van der Waals surface area contributed by atoms with E-state index < -0.39 is 0 Å². The van der Waals surface area contributed by atoms with Gasteiger partial charge in [0.25, 0.3) is 0 Å². The zero-order chi connectivity index (χ0) is 11.5. The minimum absolute atomic E-state index is 0.00250. The summed E-state index contributed by atoms with van der Waals surface area (Å²) in [7, 11) is 2.08. The van der Waals surface area contributed by atoms with Crippen LogP contribution in [0.1, 0.15) is 30.5 Å². The van der Waals surface area contributed by atoms with Crippen LogP contribution in [0.15, 0.2) is 23.3 Å². The molecule has 2 rings (SSSR count). The maximum Gasteiger partial charge on any atom is 0.0662 e. The smallest absolute Gasteiger partial charge is 0.0662 e. The topological polar surface area (TPSA) is 52.0 Å². The average Bonchev–Trinajstić information content (AvgIpc) is 2.32. The van der Waals surface area contributed by atoms with Crippen molar-refractivity contribution in [3.8, 4) is 0 Å². The third kappa shape index (κ3) is 1.84. The molecule has 0 saturated carbocycles. The molecule has 1 atom stereocenters. The molecule has 0 saturated heterocycles. The molecule has 0 aliphatic carbocycles. The summed E-state index contributed by atoms with van der Waals surface area (Å²) in [5.41, 5.74) is 12.2. The van der Waals surface area contributed by atoms with Crippen molar-refractivity contribution in [3.05, 3.63) is 39.8 Å². The lowest BCUT2D eigenvalue weighted by molar-refractivity contribution is 0.610. The highest BCUT2D eigenvalue weighted by atomic mass is 15.2. The molecule has 1 unspecified atom stereocenters. The van der Waals surface area contributed by atoms with E-state index in [-0.39, 0.29) is 6.04 Å². The van der Waals surface area contributed by atoms with Crippen LogP contribution in [0.25, 0.3) is 10.4 Å². The summed E-state index contributed by atoms with van der Waals surface area (Å²) in [6.07, 6.45) is 1.92. The van der Waals surface area contributed by atoms with Gasteiger partial charge in [0, 0.05) is 24.2 Å². The maximum absolute atomic E-state index is 8.58. The van der Waals surface area contributed by atoms with Gasteiger partial charge in [-0.3, -0.25) is 0 Å². The van der Waals surface area contributed by atoms with Crippen LogP contribution in [0.4, 0.5) is 5.69 Å². The molecule has 1 aromatic rings. The Labute approximate surface area is 95.5 Å². The normalized spacial score (nSPS) is 18.9. The van der Waals surface area contributed by atoms with Crippen LogP contribution in [-0.2, 0) is 6.42 Å². The van der Waals surface area contributed by atoms with Crippen molar-refractivity contribution in [1.29, 1.82) is 0 Å². The van der Waals surface area contributed by atoms with E-state index in [0.29, 0.717) is 0 Å². The number of anilines is 1. The molecular weight excluding hydrogens is 200 g/mol. The van der Waals surface area contributed by atoms with E-state index in [1.807, 2.05) is 0 Å². The molecule has 0 radical (unpaired) electrons. The molecule has 16 heavy (non-hydrogen) atoms. The fraction of sp³-hybridized carbons (Fsp3) is 0.500. The van der Waals surface area contributed by atoms with Crippen LogP contribution >= 0.6 is 0 Å². The van der Waals surface area contributed by atoms with Gasteiger partial charge >= 0.3 is 0 Å². The summed E-state index contributed by atoms with van der Waals surface area (Å²) in [6.45, 7) is 3.08. The summed E-state index contributed by atoms with van der Waals surface area (Å²) >= 11 is 0. The molecule has 4 nitrogen and oxygen atoms in total. The fourth-order valence-corrected chi connectivity index (χ4v) is 2.21. The molecule has 1 aromatic carbocycles. The Morgan fingerprint density at radius 1 is 1.56 bits per heavy atom. The molecule has 0 aromatic heterocycles. The minimum atomic E-state index is 0.00250. The Hall–Kier alpha value is -1.67. The van der Waals surface area contributed by atoms with Gasteiger partial charge in [-0.25, -0.2) is 0 Å². The van der Waals surface area contributed by atoms with Crippen molar-refractivity contribution < 1.29 is 0 Å². The zero-order valence-corrected chi connectivity index (χ0v) is 9.72. The molecule has 1 aliphatic heterocycles. The number of nitrogens with zero attached hydrogens (tertiary/aromatic N) is 4. The Bertz CT molecular complexity index is 435. The first-order valence-corrected chi connectivity index (χ1v) is 5.64. The Kier molecular flexibility index (Phi) is 3.02. The van der Waals surface area contributed by atoms with E-state index in [4.69, 9.17) is 5.53 Å². The van der Waals surface area contributed by atoms with Gasteiger partial charge in [0.2, 0.25) is 0 Å². The molecule has 1 heterocycles. The molecule has 4 heteroatoms. The van der Waals surface area contributed by atoms with Crippen LogP contribution in [0.2, 0.25) is 0 Å². The lowest BCUT2D eigenvalue weighted by Crippen LogP contribution is -2.26. The number of fused-ring (bicyclic) bond motifs is 1. The van der Waals surface area contributed by atoms with Crippen LogP contribution in [0, 0.1) is 0 Å². The maximum atomic E-state index is 8.58. The summed E-state index contributed by atoms with van der Waals surface area (Å²) in [5, 5.41) is 3.89. The third-order valence-corrected chi connectivity index (χ3v) is 3.20. The van der Waals surface area contributed by atoms with Gasteiger partial charge in [-0.05, 0) is 35.6 Å². The molecule has 0 spiro atoms. The summed E-state index contributed by atoms with van der Waals surface area (Å²) in [4.78, 5) is 5.17. The number of hydrogen-bond donors (Lipinski definition) is 0. The van der Waals surface area contributed by atoms with Crippen LogP contribution < -0.4 is 4.90 Å². The highest BCUT2D eigenvalue weighted by molar-refractivity contribution is 5.57. The van der Waals surface area contributed by atoms with E-state index in [1.54, 1.807) is 0 Å². The van der Waals surface area contributed by atoms with E-state index in [1.165, 1.54) is 16.8 Å². The van der Waals surface area contributed by atoms with Crippen molar-refractivity contribution in [2.24, 2.45) is 5.11 Å².